The van der Waals surface area contributed by atoms with Gasteiger partial charge in [-0.2, -0.15) is 0 Å². The summed E-state index contributed by atoms with van der Waals surface area (Å²) in [5.41, 5.74) is 17.8. The fraction of sp³-hybridized carbons (Fsp3) is 0.207. The minimum Gasteiger partial charge on any atom is -0.478 e. The number of hydrogen-bond donors (Lipinski definition) is 7. The van der Waals surface area contributed by atoms with E-state index in [0.717, 1.165) is 0 Å². The Balaban J connectivity index is 1.68. The van der Waals surface area contributed by atoms with Gasteiger partial charge in [0.25, 0.3) is 0 Å². The van der Waals surface area contributed by atoms with Gasteiger partial charge >= 0.3 is 5.97 Å². The highest BCUT2D eigenvalue weighted by atomic mass is 35.5. The summed E-state index contributed by atoms with van der Waals surface area (Å²) < 4.78 is 6.03. The average Bonchev–Trinajstić information content (AvgIpc) is 3.44. The average molecular weight is 641 g/mol. The Kier molecular flexibility index (Phi) is 10.5. The third-order valence-corrected chi connectivity index (χ3v) is 6.89. The summed E-state index contributed by atoms with van der Waals surface area (Å²) in [5, 5.41) is 20.1. The number of nitrogens with two attached hydrogens (primary N) is 3. The number of aromatic nitrogens is 2. The van der Waals surface area contributed by atoms with Crippen LogP contribution in [0.3, 0.4) is 0 Å². The number of amides is 1. The van der Waals surface area contributed by atoms with E-state index in [2.05, 4.69) is 30.9 Å². The van der Waals surface area contributed by atoms with Gasteiger partial charge in [-0.3, -0.25) is 9.79 Å². The number of nitrogens with zero attached hydrogens (tertiary/aromatic N) is 3. The summed E-state index contributed by atoms with van der Waals surface area (Å²) in [6, 6.07) is 14.2. The van der Waals surface area contributed by atoms with Gasteiger partial charge in [0.2, 0.25) is 5.91 Å². The van der Waals surface area contributed by atoms with Crippen LogP contribution in [-0.2, 0) is 11.3 Å². The molecular formula is C29H31Cl2N9O4. The third-order valence-electron chi connectivity index (χ3n) is 6.33. The number of nitrogens with one attached hydrogen (secondary N) is 3. The Morgan fingerprint density at radius 2 is 1.80 bits per heavy atom. The highest BCUT2D eigenvalue weighted by Crippen LogP contribution is 2.34. The highest BCUT2D eigenvalue weighted by Gasteiger charge is 2.22. The van der Waals surface area contributed by atoms with E-state index in [-0.39, 0.29) is 29.7 Å². The second-order valence-electron chi connectivity index (χ2n) is 9.61. The standard InChI is InChI=1S/C29H31Cl2N9O4/c1-15-37-26(39-21-6-3-2-5-18(21)28(42)43)24(27(38-15)40-22(25(32)41)7-4-12-35-29(33)34)36-14-17-9-11-23(44-17)19-13-16(30)8-10-20(19)31/h2-3,5-6,8-11,13,22,36H,4,7,12,14H2,1H3,(H2,32,41)(H,42,43)(H4,33,34,35)(H2,37,38,39,40). The number of carbonyl (C=O) groups is 2. The first-order valence-corrected chi connectivity index (χ1v) is 14.1. The van der Waals surface area contributed by atoms with Gasteiger partial charge in [0.1, 0.15) is 29.1 Å². The lowest BCUT2D eigenvalue weighted by molar-refractivity contribution is -0.118. The molecule has 0 saturated heterocycles. The fourth-order valence-corrected chi connectivity index (χ4v) is 4.66. The van der Waals surface area contributed by atoms with Gasteiger partial charge < -0.3 is 42.7 Å². The molecule has 0 radical (unpaired) electrons. The molecule has 44 heavy (non-hydrogen) atoms. The quantitative estimate of drug-likeness (QED) is 0.0567. The smallest absolute Gasteiger partial charge is 0.337 e. The van der Waals surface area contributed by atoms with E-state index in [4.69, 9.17) is 44.8 Å². The number of furan rings is 1. The first-order chi connectivity index (χ1) is 21.0. The summed E-state index contributed by atoms with van der Waals surface area (Å²) in [4.78, 5) is 37.3. The third kappa shape index (κ3) is 8.30. The second kappa shape index (κ2) is 14.4. The number of carbonyl (C=O) groups excluding carboxylic acids is 1. The molecule has 0 fully saturated rings. The van der Waals surface area contributed by atoms with E-state index < -0.39 is 17.9 Å². The van der Waals surface area contributed by atoms with Crippen LogP contribution in [0.2, 0.25) is 10.0 Å². The Labute approximate surface area is 262 Å². The van der Waals surface area contributed by atoms with Gasteiger partial charge in [-0.1, -0.05) is 35.3 Å². The molecule has 2 heterocycles. The minimum atomic E-state index is -1.12. The molecule has 1 amide bonds. The Bertz CT molecular complexity index is 1690. The van der Waals surface area contributed by atoms with Crippen molar-refractivity contribution < 1.29 is 19.1 Å². The maximum atomic E-state index is 12.4. The predicted octanol–water partition coefficient (Wildman–Crippen LogP) is 4.73. The maximum absolute atomic E-state index is 12.4. The van der Waals surface area contributed by atoms with Crippen LogP contribution in [0.4, 0.5) is 23.0 Å². The van der Waals surface area contributed by atoms with Gasteiger partial charge in [-0.05, 0) is 62.2 Å². The lowest BCUT2D eigenvalue weighted by atomic mass is 10.1. The van der Waals surface area contributed by atoms with Crippen LogP contribution >= 0.6 is 23.2 Å². The van der Waals surface area contributed by atoms with E-state index in [0.29, 0.717) is 63.7 Å². The van der Waals surface area contributed by atoms with Gasteiger partial charge in [-0.25, -0.2) is 14.8 Å². The van der Waals surface area contributed by atoms with Crippen LogP contribution in [0.5, 0.6) is 0 Å². The zero-order valence-corrected chi connectivity index (χ0v) is 25.1. The van der Waals surface area contributed by atoms with Crippen molar-refractivity contribution in [3.63, 3.8) is 0 Å². The number of carboxylic acid groups (broad SMARTS) is 1. The summed E-state index contributed by atoms with van der Waals surface area (Å²) in [7, 11) is 0. The van der Waals surface area contributed by atoms with Crippen molar-refractivity contribution in [2.75, 3.05) is 22.5 Å². The molecule has 1 atom stereocenters. The molecule has 15 heteroatoms. The van der Waals surface area contributed by atoms with Crippen LogP contribution in [0.25, 0.3) is 11.3 Å². The molecule has 0 aliphatic carbocycles. The molecule has 4 aromatic rings. The lowest BCUT2D eigenvalue weighted by Gasteiger charge is -2.21. The van der Waals surface area contributed by atoms with Crippen LogP contribution in [0, 0.1) is 6.92 Å². The number of para-hydroxylation sites is 1. The number of rotatable bonds is 14. The van der Waals surface area contributed by atoms with E-state index in [1.807, 2.05) is 0 Å². The van der Waals surface area contributed by atoms with Crippen molar-refractivity contribution in [2.45, 2.75) is 32.4 Å². The second-order valence-corrected chi connectivity index (χ2v) is 10.5. The van der Waals surface area contributed by atoms with Gasteiger partial charge in [-0.15, -0.1) is 0 Å². The largest absolute Gasteiger partial charge is 0.478 e. The summed E-state index contributed by atoms with van der Waals surface area (Å²) in [6.45, 7) is 2.12. The Morgan fingerprint density at radius 3 is 2.52 bits per heavy atom. The van der Waals surface area contributed by atoms with Crippen LogP contribution < -0.4 is 33.2 Å². The fourth-order valence-electron chi connectivity index (χ4n) is 4.27. The number of benzene rings is 2. The van der Waals surface area contributed by atoms with E-state index in [1.54, 1.807) is 55.5 Å². The van der Waals surface area contributed by atoms with E-state index >= 15 is 0 Å². The molecular weight excluding hydrogens is 609 g/mol. The van der Waals surface area contributed by atoms with Crippen molar-refractivity contribution in [3.05, 3.63) is 81.8 Å². The molecule has 0 bridgehead atoms. The van der Waals surface area contributed by atoms with Gasteiger partial charge in [0.15, 0.2) is 17.6 Å². The number of aryl methyl sites for hydroxylation is 1. The number of carboxylic acids is 1. The summed E-state index contributed by atoms with van der Waals surface area (Å²) >= 11 is 12.5. The zero-order valence-electron chi connectivity index (χ0n) is 23.6. The zero-order chi connectivity index (χ0) is 31.8. The van der Waals surface area contributed by atoms with Crippen molar-refractivity contribution in [1.82, 2.24) is 9.97 Å². The molecule has 0 aliphatic rings. The highest BCUT2D eigenvalue weighted by molar-refractivity contribution is 6.35. The number of anilines is 4. The van der Waals surface area contributed by atoms with E-state index in [9.17, 15) is 14.7 Å². The van der Waals surface area contributed by atoms with Gasteiger partial charge in [0.05, 0.1) is 22.8 Å². The molecule has 2 aromatic heterocycles. The van der Waals surface area contributed by atoms with Crippen molar-refractivity contribution >= 4 is 64.0 Å². The van der Waals surface area contributed by atoms with Crippen molar-refractivity contribution in [1.29, 1.82) is 0 Å². The predicted molar refractivity (Wildman–Crippen MR) is 171 cm³/mol. The number of guanidine groups is 1. The molecule has 0 spiro atoms. The van der Waals surface area contributed by atoms with Gasteiger partial charge in [0, 0.05) is 17.1 Å². The van der Waals surface area contributed by atoms with Crippen LogP contribution in [0.1, 0.15) is 34.8 Å². The maximum Gasteiger partial charge on any atom is 0.337 e. The lowest BCUT2D eigenvalue weighted by Crippen LogP contribution is -2.36. The molecule has 4 rings (SSSR count). The molecule has 2 aromatic carbocycles. The summed E-state index contributed by atoms with van der Waals surface area (Å²) in [6.07, 6.45) is 0.769. The first-order valence-electron chi connectivity index (χ1n) is 13.4. The number of hydrogen-bond acceptors (Lipinski definition) is 9. The molecule has 10 N–H and O–H groups in total. The number of aliphatic imine (C=N–C) groups is 1. The molecule has 0 aliphatic heterocycles. The number of aromatic carboxylic acids is 1. The normalized spacial score (nSPS) is 11.4. The van der Waals surface area contributed by atoms with Crippen LogP contribution in [-0.4, -0.2) is 45.5 Å². The van der Waals surface area contributed by atoms with Crippen molar-refractivity contribution in [3.8, 4) is 11.3 Å². The topological polar surface area (TPSA) is 220 Å². The first kappa shape index (κ1) is 31.9. The monoisotopic (exact) mass is 639 g/mol. The van der Waals surface area contributed by atoms with E-state index in [1.165, 1.54) is 6.07 Å². The SMILES string of the molecule is Cc1nc(Nc2ccccc2C(=O)O)c(NCc2ccc(-c3cc(Cl)ccc3Cl)o2)c(NC(CCCN=C(N)N)C(N)=O)n1. The van der Waals surface area contributed by atoms with Crippen LogP contribution in [0.15, 0.2) is 64.0 Å². The Morgan fingerprint density at radius 1 is 1.05 bits per heavy atom. The molecule has 1 unspecified atom stereocenters. The molecule has 13 nitrogen and oxygen atoms in total. The minimum absolute atomic E-state index is 0.0352. The Hall–Kier alpha value is -5.01. The summed E-state index contributed by atoms with van der Waals surface area (Å²) in [5.74, 6) is 0.0980. The number of halogens is 2. The number of primary amides is 1. The van der Waals surface area contributed by atoms with Crippen molar-refractivity contribution in [2.24, 2.45) is 22.2 Å². The molecule has 0 saturated carbocycles. The molecule has 230 valence electrons.